The number of hydrazone groups is 1. The fraction of sp³-hybridized carbons (Fsp3) is 0.235. The fourth-order valence-electron chi connectivity index (χ4n) is 1.98. The molecule has 2 aromatic carbocycles. The van der Waals surface area contributed by atoms with E-state index in [1.54, 1.807) is 14.0 Å². The summed E-state index contributed by atoms with van der Waals surface area (Å²) in [5.74, 6) is 0.296. The number of hydrogen-bond donors (Lipinski definition) is 1. The van der Waals surface area contributed by atoms with E-state index in [1.807, 2.05) is 24.3 Å². The quantitative estimate of drug-likeness (QED) is 0.616. The molecule has 0 bridgehead atoms. The molecule has 0 aliphatic carbocycles. The Morgan fingerprint density at radius 3 is 2.33 bits per heavy atom. The Hall–Kier alpha value is -2.41. The number of benzene rings is 2. The van der Waals surface area contributed by atoms with Crippen molar-refractivity contribution >= 4 is 15.7 Å². The van der Waals surface area contributed by atoms with Crippen LogP contribution < -0.4 is 9.57 Å². The molecule has 0 aromatic heterocycles. The maximum atomic E-state index is 12.8. The van der Waals surface area contributed by atoms with Gasteiger partial charge in [0.15, 0.2) is 0 Å². The predicted octanol–water partition coefficient (Wildman–Crippen LogP) is 3.12. The molecule has 0 heterocycles. The first-order valence-corrected chi connectivity index (χ1v) is 8.82. The molecule has 5 nitrogen and oxygen atoms in total. The fourth-order valence-corrected chi connectivity index (χ4v) is 2.85. The van der Waals surface area contributed by atoms with Crippen LogP contribution in [-0.2, 0) is 16.4 Å². The largest absolute Gasteiger partial charge is 0.497 e. The van der Waals surface area contributed by atoms with Gasteiger partial charge in [-0.1, -0.05) is 12.1 Å². The van der Waals surface area contributed by atoms with Crippen LogP contribution in [0.1, 0.15) is 18.9 Å². The van der Waals surface area contributed by atoms with Gasteiger partial charge in [-0.05, 0) is 61.7 Å². The van der Waals surface area contributed by atoms with Crippen molar-refractivity contribution in [2.24, 2.45) is 5.10 Å². The van der Waals surface area contributed by atoms with Crippen LogP contribution >= 0.6 is 0 Å². The van der Waals surface area contributed by atoms with Crippen LogP contribution in [0.15, 0.2) is 58.5 Å². The first kappa shape index (κ1) is 17.9. The van der Waals surface area contributed by atoms with Gasteiger partial charge in [-0.2, -0.15) is 13.5 Å². The molecule has 0 atom stereocenters. The van der Waals surface area contributed by atoms with Gasteiger partial charge in [-0.25, -0.2) is 9.22 Å². The summed E-state index contributed by atoms with van der Waals surface area (Å²) in [4.78, 5) is 2.13. The first-order valence-electron chi connectivity index (χ1n) is 7.34. The van der Waals surface area contributed by atoms with E-state index in [4.69, 9.17) is 4.74 Å². The summed E-state index contributed by atoms with van der Waals surface area (Å²) in [6, 6.07) is 12.2. The van der Waals surface area contributed by atoms with E-state index in [-0.39, 0.29) is 4.90 Å². The molecule has 7 heteroatoms. The van der Waals surface area contributed by atoms with Gasteiger partial charge >= 0.3 is 0 Å². The van der Waals surface area contributed by atoms with Crippen molar-refractivity contribution in [3.8, 4) is 5.75 Å². The third-order valence-corrected chi connectivity index (χ3v) is 4.64. The standard InChI is InChI=1S/C17H19FN2O3S/c1-13(3-4-14-5-9-16(23-2)10-6-14)19-20-24(21,22)17-11-7-15(18)8-12-17/h5-12,20H,3-4H2,1-2H3/b19-13+. The molecule has 0 fully saturated rings. The average Bonchev–Trinajstić information content (AvgIpc) is 2.59. The van der Waals surface area contributed by atoms with Crippen molar-refractivity contribution in [3.05, 3.63) is 59.9 Å². The van der Waals surface area contributed by atoms with Crippen molar-refractivity contribution in [1.29, 1.82) is 0 Å². The molecule has 2 rings (SSSR count). The molecule has 0 aliphatic rings. The molecule has 1 N–H and O–H groups in total. The molecule has 0 amide bonds. The van der Waals surface area contributed by atoms with Crippen LogP contribution in [0.25, 0.3) is 0 Å². The number of nitrogens with zero attached hydrogens (tertiary/aromatic N) is 1. The second-order valence-corrected chi connectivity index (χ2v) is 6.90. The van der Waals surface area contributed by atoms with Crippen LogP contribution in [0.3, 0.4) is 0 Å². The van der Waals surface area contributed by atoms with E-state index in [0.717, 1.165) is 29.9 Å². The van der Waals surface area contributed by atoms with E-state index in [1.165, 1.54) is 12.1 Å². The number of ether oxygens (including phenoxy) is 1. The molecule has 24 heavy (non-hydrogen) atoms. The molecular weight excluding hydrogens is 331 g/mol. The highest BCUT2D eigenvalue weighted by atomic mass is 32.2. The Kier molecular flexibility index (Phi) is 5.92. The van der Waals surface area contributed by atoms with Gasteiger partial charge in [0.1, 0.15) is 11.6 Å². The van der Waals surface area contributed by atoms with E-state index in [2.05, 4.69) is 9.93 Å². The molecule has 0 aliphatic heterocycles. The van der Waals surface area contributed by atoms with Gasteiger partial charge < -0.3 is 4.74 Å². The molecule has 2 aromatic rings. The second kappa shape index (κ2) is 7.92. The Morgan fingerprint density at radius 1 is 1.12 bits per heavy atom. The lowest BCUT2D eigenvalue weighted by molar-refractivity contribution is 0.414. The topological polar surface area (TPSA) is 67.8 Å². The van der Waals surface area contributed by atoms with Gasteiger partial charge in [0.2, 0.25) is 0 Å². The maximum absolute atomic E-state index is 12.8. The highest BCUT2D eigenvalue weighted by Crippen LogP contribution is 2.13. The van der Waals surface area contributed by atoms with E-state index >= 15 is 0 Å². The van der Waals surface area contributed by atoms with Crippen LogP contribution in [0.4, 0.5) is 4.39 Å². The summed E-state index contributed by atoms with van der Waals surface area (Å²) in [6.45, 7) is 1.75. The maximum Gasteiger partial charge on any atom is 0.276 e. The Balaban J connectivity index is 1.94. The number of sulfonamides is 1. The van der Waals surface area contributed by atoms with Crippen molar-refractivity contribution in [2.75, 3.05) is 7.11 Å². The molecule has 0 saturated carbocycles. The van der Waals surface area contributed by atoms with E-state index < -0.39 is 15.8 Å². The molecule has 128 valence electrons. The summed E-state index contributed by atoms with van der Waals surface area (Å²) < 4.78 is 42.0. The zero-order valence-corrected chi connectivity index (χ0v) is 14.3. The third kappa shape index (κ3) is 5.06. The molecule has 0 spiro atoms. The molecular formula is C17H19FN2O3S. The highest BCUT2D eigenvalue weighted by molar-refractivity contribution is 7.89. The van der Waals surface area contributed by atoms with Gasteiger partial charge in [-0.15, -0.1) is 0 Å². The smallest absolute Gasteiger partial charge is 0.276 e. The molecule has 0 saturated heterocycles. The summed E-state index contributed by atoms with van der Waals surface area (Å²) in [6.07, 6.45) is 1.34. The van der Waals surface area contributed by atoms with Gasteiger partial charge in [-0.3, -0.25) is 0 Å². The van der Waals surface area contributed by atoms with Crippen molar-refractivity contribution in [3.63, 3.8) is 0 Å². The zero-order chi connectivity index (χ0) is 17.6. The Morgan fingerprint density at radius 2 is 1.75 bits per heavy atom. The first-order chi connectivity index (χ1) is 11.4. The van der Waals surface area contributed by atoms with Crippen LogP contribution in [0.5, 0.6) is 5.75 Å². The van der Waals surface area contributed by atoms with Crippen molar-refractivity contribution in [2.45, 2.75) is 24.7 Å². The summed E-state index contributed by atoms with van der Waals surface area (Å²) >= 11 is 0. The lowest BCUT2D eigenvalue weighted by Gasteiger charge is -2.06. The molecule has 0 unspecified atom stereocenters. The van der Waals surface area contributed by atoms with Crippen molar-refractivity contribution in [1.82, 2.24) is 4.83 Å². The minimum atomic E-state index is -3.78. The minimum Gasteiger partial charge on any atom is -0.497 e. The summed E-state index contributed by atoms with van der Waals surface area (Å²) in [7, 11) is -2.17. The van der Waals surface area contributed by atoms with Gasteiger partial charge in [0.25, 0.3) is 10.0 Å². The number of nitrogens with one attached hydrogen (secondary N) is 1. The summed E-state index contributed by atoms with van der Waals surface area (Å²) in [5, 5.41) is 3.90. The van der Waals surface area contributed by atoms with Gasteiger partial charge in [0.05, 0.1) is 12.0 Å². The normalized spacial score (nSPS) is 12.0. The van der Waals surface area contributed by atoms with Crippen LogP contribution in [-0.4, -0.2) is 21.2 Å². The van der Waals surface area contributed by atoms with Crippen LogP contribution in [0.2, 0.25) is 0 Å². The monoisotopic (exact) mass is 350 g/mol. The van der Waals surface area contributed by atoms with Gasteiger partial charge in [0, 0.05) is 5.71 Å². The molecule has 0 radical (unpaired) electrons. The van der Waals surface area contributed by atoms with Crippen LogP contribution in [0, 0.1) is 5.82 Å². The van der Waals surface area contributed by atoms with Crippen molar-refractivity contribution < 1.29 is 17.5 Å². The third-order valence-electron chi connectivity index (χ3n) is 3.42. The number of hydrogen-bond acceptors (Lipinski definition) is 4. The highest BCUT2D eigenvalue weighted by Gasteiger charge is 2.12. The van der Waals surface area contributed by atoms with E-state index in [0.29, 0.717) is 12.1 Å². The number of methoxy groups -OCH3 is 1. The average molecular weight is 350 g/mol. The number of aryl methyl sites for hydroxylation is 1. The lowest BCUT2D eigenvalue weighted by Crippen LogP contribution is -2.19. The Labute approximate surface area is 141 Å². The predicted molar refractivity (Wildman–Crippen MR) is 91.1 cm³/mol. The number of rotatable bonds is 7. The minimum absolute atomic E-state index is 0.0318. The van der Waals surface area contributed by atoms with E-state index in [9.17, 15) is 12.8 Å². The number of halogens is 1. The lowest BCUT2D eigenvalue weighted by atomic mass is 10.1. The summed E-state index contributed by atoms with van der Waals surface area (Å²) in [5.41, 5.74) is 1.75. The second-order valence-electron chi connectivity index (χ2n) is 5.24. The SMILES string of the molecule is COc1ccc(CC/C(C)=N/NS(=O)(=O)c2ccc(F)cc2)cc1. The zero-order valence-electron chi connectivity index (χ0n) is 13.5. The Bertz CT molecular complexity index is 801.